The van der Waals surface area contributed by atoms with E-state index in [-0.39, 0.29) is 5.78 Å². The van der Waals surface area contributed by atoms with Gasteiger partial charge in [-0.3, -0.25) is 4.79 Å². The molecule has 18 heavy (non-hydrogen) atoms. The molecule has 0 aliphatic rings. The second-order valence-corrected chi connectivity index (χ2v) is 5.19. The number of ketones is 1. The summed E-state index contributed by atoms with van der Waals surface area (Å²) in [7, 11) is 0. The van der Waals surface area contributed by atoms with Gasteiger partial charge in [0.15, 0.2) is 10.6 Å². The van der Waals surface area contributed by atoms with Crippen LogP contribution < -0.4 is 0 Å². The van der Waals surface area contributed by atoms with Crippen LogP contribution in [-0.4, -0.2) is 15.6 Å². The monoisotopic (exact) mass is 277 g/mol. The lowest BCUT2D eigenvalue weighted by atomic mass is 10.1. The number of rotatable bonds is 2. The first-order chi connectivity index (χ1) is 8.66. The van der Waals surface area contributed by atoms with Crippen molar-refractivity contribution in [3.8, 4) is 0 Å². The second kappa shape index (κ2) is 4.30. The molecule has 0 unspecified atom stereocenters. The van der Waals surface area contributed by atoms with Gasteiger partial charge in [0.1, 0.15) is 0 Å². The Kier molecular flexibility index (Phi) is 2.77. The lowest BCUT2D eigenvalue weighted by Crippen LogP contribution is -2.07. The van der Waals surface area contributed by atoms with Gasteiger partial charge in [0, 0.05) is 27.4 Å². The molecule has 0 saturated carbocycles. The fraction of sp³-hybridized carbons (Fsp3) is 0.0714. The van der Waals surface area contributed by atoms with E-state index in [4.69, 9.17) is 23.2 Å². The number of hydrogen-bond donors (Lipinski definition) is 1. The predicted molar refractivity (Wildman–Crippen MR) is 75.6 cm³/mol. The highest BCUT2D eigenvalue weighted by atomic mass is 35.5. The van der Waals surface area contributed by atoms with Crippen molar-refractivity contribution in [2.24, 2.45) is 0 Å². The van der Waals surface area contributed by atoms with E-state index in [0.717, 1.165) is 21.8 Å². The van der Waals surface area contributed by atoms with Crippen molar-refractivity contribution in [2.75, 3.05) is 0 Å². The first-order valence-corrected chi connectivity index (χ1v) is 6.37. The molecule has 0 fully saturated rings. The summed E-state index contributed by atoms with van der Waals surface area (Å²) < 4.78 is 0. The summed E-state index contributed by atoms with van der Waals surface area (Å²) in [6.07, 6.45) is 0. The first kappa shape index (κ1) is 11.6. The van der Waals surface area contributed by atoms with Crippen molar-refractivity contribution in [3.05, 3.63) is 48.0 Å². The number of carbonyl (C=O) groups excluding carboxylic acids is 1. The number of benzene rings is 2. The molecule has 0 bridgehead atoms. The average Bonchev–Trinajstić information content (AvgIpc) is 2.75. The van der Waals surface area contributed by atoms with Crippen LogP contribution >= 0.6 is 23.2 Å². The highest BCUT2D eigenvalue weighted by Gasteiger charge is 2.15. The molecule has 3 aromatic rings. The van der Waals surface area contributed by atoms with Gasteiger partial charge in [-0.1, -0.05) is 53.5 Å². The maximum Gasteiger partial charge on any atom is 0.195 e. The minimum absolute atomic E-state index is 0.279. The molecule has 0 aliphatic carbocycles. The first-order valence-electron chi connectivity index (χ1n) is 5.49. The van der Waals surface area contributed by atoms with Crippen molar-refractivity contribution in [3.63, 3.8) is 0 Å². The highest BCUT2D eigenvalue weighted by Crippen LogP contribution is 2.26. The number of hydrogen-bond acceptors (Lipinski definition) is 1. The molecular formula is C14H9Cl2NO. The van der Waals surface area contributed by atoms with Crippen LogP contribution in [0.2, 0.25) is 0 Å². The van der Waals surface area contributed by atoms with Crippen molar-refractivity contribution in [1.29, 1.82) is 0 Å². The Morgan fingerprint density at radius 3 is 2.50 bits per heavy atom. The van der Waals surface area contributed by atoms with Crippen molar-refractivity contribution >= 4 is 50.8 Å². The third kappa shape index (κ3) is 1.78. The molecular weight excluding hydrogens is 269 g/mol. The topological polar surface area (TPSA) is 32.9 Å². The van der Waals surface area contributed by atoms with Gasteiger partial charge in [-0.15, -0.1) is 0 Å². The molecule has 2 aromatic carbocycles. The Labute approximate surface area is 114 Å². The molecule has 2 nitrogen and oxygen atoms in total. The Bertz CT molecular complexity index is 746. The number of fused-ring (bicyclic) bond motifs is 3. The van der Waals surface area contributed by atoms with Crippen LogP contribution in [0.5, 0.6) is 0 Å². The number of Topliss-reactive ketones (excluding diaryl/α,β-unsaturated/α-hetero) is 1. The van der Waals surface area contributed by atoms with Crippen LogP contribution in [0.25, 0.3) is 21.8 Å². The Morgan fingerprint density at radius 1 is 1.00 bits per heavy atom. The van der Waals surface area contributed by atoms with Crippen LogP contribution in [0.15, 0.2) is 42.5 Å². The van der Waals surface area contributed by atoms with Gasteiger partial charge in [0.25, 0.3) is 0 Å². The number of H-pyrrole nitrogens is 1. The largest absolute Gasteiger partial charge is 0.354 e. The summed E-state index contributed by atoms with van der Waals surface area (Å²) in [6.45, 7) is 0. The number of halogens is 2. The van der Waals surface area contributed by atoms with E-state index in [1.165, 1.54) is 0 Å². The molecule has 1 N–H and O–H groups in total. The average molecular weight is 278 g/mol. The molecule has 90 valence electrons. The fourth-order valence-corrected chi connectivity index (χ4v) is 2.39. The maximum atomic E-state index is 11.7. The summed E-state index contributed by atoms with van der Waals surface area (Å²) in [5, 5.41) is 2.22. The Hall–Kier alpha value is -1.51. The number of aromatic amines is 1. The van der Waals surface area contributed by atoms with Gasteiger partial charge in [-0.05, 0) is 12.1 Å². The van der Waals surface area contributed by atoms with E-state index in [9.17, 15) is 4.79 Å². The number of alkyl halides is 2. The Morgan fingerprint density at radius 2 is 1.72 bits per heavy atom. The van der Waals surface area contributed by atoms with Crippen LogP contribution in [0.4, 0.5) is 0 Å². The molecule has 3 rings (SSSR count). The molecule has 0 saturated heterocycles. The summed E-state index contributed by atoms with van der Waals surface area (Å²) >= 11 is 11.2. The van der Waals surface area contributed by atoms with E-state index >= 15 is 0 Å². The zero-order chi connectivity index (χ0) is 12.7. The van der Waals surface area contributed by atoms with Gasteiger partial charge >= 0.3 is 0 Å². The number of nitrogens with one attached hydrogen (secondary N) is 1. The summed E-state index contributed by atoms with van der Waals surface area (Å²) in [5.41, 5.74) is 2.48. The summed E-state index contributed by atoms with van der Waals surface area (Å²) in [4.78, 5) is 14.0. The predicted octanol–water partition coefficient (Wildman–Crippen LogP) is 4.31. The van der Waals surface area contributed by atoms with E-state index in [2.05, 4.69) is 4.98 Å². The van der Waals surface area contributed by atoms with Gasteiger partial charge in [0.2, 0.25) is 0 Å². The molecule has 0 aliphatic heterocycles. The van der Waals surface area contributed by atoms with Crippen LogP contribution in [0.1, 0.15) is 10.4 Å². The van der Waals surface area contributed by atoms with Gasteiger partial charge in [0.05, 0.1) is 0 Å². The second-order valence-electron chi connectivity index (χ2n) is 4.10. The summed E-state index contributed by atoms with van der Waals surface area (Å²) in [6, 6.07) is 13.5. The zero-order valence-corrected chi connectivity index (χ0v) is 10.8. The smallest absolute Gasteiger partial charge is 0.195 e. The van der Waals surface area contributed by atoms with E-state index in [1.807, 2.05) is 30.3 Å². The third-order valence-corrected chi connectivity index (χ3v) is 3.39. The van der Waals surface area contributed by atoms with E-state index in [0.29, 0.717) is 5.56 Å². The van der Waals surface area contributed by atoms with E-state index < -0.39 is 4.84 Å². The quantitative estimate of drug-likeness (QED) is 0.550. The molecule has 0 radical (unpaired) electrons. The molecule has 1 heterocycles. The molecule has 0 spiro atoms. The van der Waals surface area contributed by atoms with Gasteiger partial charge in [-0.25, -0.2) is 0 Å². The summed E-state index contributed by atoms with van der Waals surface area (Å²) in [5.74, 6) is -0.279. The molecule has 0 amide bonds. The maximum absolute atomic E-state index is 11.7. The molecule has 4 heteroatoms. The van der Waals surface area contributed by atoms with Crippen LogP contribution in [0.3, 0.4) is 0 Å². The zero-order valence-electron chi connectivity index (χ0n) is 9.28. The minimum Gasteiger partial charge on any atom is -0.354 e. The lowest BCUT2D eigenvalue weighted by Gasteiger charge is -2.01. The number of carbonyl (C=O) groups is 1. The fourth-order valence-electron chi connectivity index (χ4n) is 2.13. The highest BCUT2D eigenvalue weighted by molar-refractivity contribution is 6.55. The van der Waals surface area contributed by atoms with Crippen LogP contribution in [0, 0.1) is 0 Å². The van der Waals surface area contributed by atoms with Crippen LogP contribution in [-0.2, 0) is 0 Å². The number of aromatic nitrogens is 1. The van der Waals surface area contributed by atoms with E-state index in [1.54, 1.807) is 12.1 Å². The van der Waals surface area contributed by atoms with Crippen molar-refractivity contribution < 1.29 is 4.79 Å². The lowest BCUT2D eigenvalue weighted by molar-refractivity contribution is 0.101. The van der Waals surface area contributed by atoms with Gasteiger partial charge in [-0.2, -0.15) is 0 Å². The minimum atomic E-state index is -1.02. The van der Waals surface area contributed by atoms with Crippen molar-refractivity contribution in [2.45, 2.75) is 4.84 Å². The SMILES string of the molecule is O=C(c1ccc2c(c1)[nH]c1ccccc12)C(Cl)Cl. The number of para-hydroxylation sites is 1. The molecule has 0 atom stereocenters. The standard InChI is InChI=1S/C14H9Cl2NO/c15-14(16)13(18)8-5-6-10-9-3-1-2-4-11(9)17-12(10)7-8/h1-7,14,17H. The molecule has 1 aromatic heterocycles. The van der Waals surface area contributed by atoms with Gasteiger partial charge < -0.3 is 4.98 Å². The third-order valence-electron chi connectivity index (χ3n) is 2.99. The Balaban J connectivity index is 2.24. The normalized spacial score (nSPS) is 11.5. The van der Waals surface area contributed by atoms with Crippen molar-refractivity contribution in [1.82, 2.24) is 4.98 Å².